The second kappa shape index (κ2) is 14.8. The summed E-state index contributed by atoms with van der Waals surface area (Å²) >= 11 is 9.01. The first-order valence-electron chi connectivity index (χ1n) is 13.2. The summed E-state index contributed by atoms with van der Waals surface area (Å²) in [7, 11) is 1.23. The van der Waals surface area contributed by atoms with Crippen molar-refractivity contribution >= 4 is 72.2 Å². The summed E-state index contributed by atoms with van der Waals surface area (Å²) in [5.74, 6) is -1.44. The standard InChI is InChI=1S/C30H30Br2IN3O7/c1-15(42-14-16-6-4-3-5-7-16)25-29(39)35-23(30(40)41-2)12-17-8-19(31)27(20(32)9-17)43-24-13-18(10-21(33)26(24)37)11-22(34)28(38)36-25/h3-10,13,15,22-23,25,37H,11-12,14,34H2,1-2H3,(H,35,39)(H,36,38)/t15-,22+,23+,25+/m1/s1. The lowest BCUT2D eigenvalue weighted by atomic mass is 10.0. The molecule has 10 nitrogen and oxygen atoms in total. The number of benzene rings is 3. The number of ether oxygens (including phenoxy) is 3. The van der Waals surface area contributed by atoms with Crippen LogP contribution < -0.4 is 21.1 Å². The molecule has 43 heavy (non-hydrogen) atoms. The molecule has 228 valence electrons. The van der Waals surface area contributed by atoms with Gasteiger partial charge in [0, 0.05) is 6.42 Å². The second-order valence-electron chi connectivity index (χ2n) is 10.0. The quantitative estimate of drug-likeness (QED) is 0.217. The van der Waals surface area contributed by atoms with Crippen molar-refractivity contribution < 1.29 is 33.7 Å². The molecule has 2 aliphatic heterocycles. The van der Waals surface area contributed by atoms with E-state index in [-0.39, 0.29) is 30.9 Å². The Morgan fingerprint density at radius 3 is 2.37 bits per heavy atom. The maximum Gasteiger partial charge on any atom is 0.328 e. The number of nitrogens with one attached hydrogen (secondary N) is 2. The van der Waals surface area contributed by atoms with E-state index < -0.39 is 42.0 Å². The van der Waals surface area contributed by atoms with Crippen LogP contribution in [0.3, 0.4) is 0 Å². The minimum Gasteiger partial charge on any atom is -0.504 e. The van der Waals surface area contributed by atoms with Crippen LogP contribution in [0.15, 0.2) is 63.5 Å². The number of carbonyl (C=O) groups excluding carboxylic acids is 3. The zero-order valence-electron chi connectivity index (χ0n) is 23.2. The van der Waals surface area contributed by atoms with Crippen LogP contribution in [0, 0.1) is 3.57 Å². The van der Waals surface area contributed by atoms with Crippen molar-refractivity contribution in [3.63, 3.8) is 0 Å². The van der Waals surface area contributed by atoms with Gasteiger partial charge in [0.25, 0.3) is 0 Å². The summed E-state index contributed by atoms with van der Waals surface area (Å²) in [6.07, 6.45) is -0.652. The van der Waals surface area contributed by atoms with E-state index >= 15 is 0 Å². The van der Waals surface area contributed by atoms with Gasteiger partial charge in [0.1, 0.15) is 12.1 Å². The number of amides is 2. The molecule has 13 heteroatoms. The van der Waals surface area contributed by atoms with Gasteiger partial charge in [-0.25, -0.2) is 4.79 Å². The van der Waals surface area contributed by atoms with Crippen molar-refractivity contribution in [2.75, 3.05) is 7.11 Å². The van der Waals surface area contributed by atoms with E-state index in [9.17, 15) is 19.5 Å². The summed E-state index contributed by atoms with van der Waals surface area (Å²) in [4.78, 5) is 39.8. The summed E-state index contributed by atoms with van der Waals surface area (Å²) < 4.78 is 18.6. The molecule has 0 aromatic heterocycles. The van der Waals surface area contributed by atoms with Gasteiger partial charge in [-0.1, -0.05) is 30.3 Å². The van der Waals surface area contributed by atoms with Gasteiger partial charge in [-0.3, -0.25) is 9.59 Å². The van der Waals surface area contributed by atoms with Crippen LogP contribution >= 0.6 is 54.5 Å². The fourth-order valence-electron chi connectivity index (χ4n) is 4.49. The normalized spacial score (nSPS) is 19.9. The monoisotopic (exact) mass is 829 g/mol. The number of esters is 1. The zero-order chi connectivity index (χ0) is 31.3. The SMILES string of the molecule is COC(=O)[C@@H]1Cc2cc(Br)c(c(Br)c2)Oc2cc(cc(I)c2O)C[C@H](N)C(=O)N[C@@H]([C@@H](C)OCc2ccccc2)C(=O)N1. The van der Waals surface area contributed by atoms with Crippen molar-refractivity contribution in [1.29, 1.82) is 0 Å². The number of hydrogen-bond acceptors (Lipinski definition) is 8. The van der Waals surface area contributed by atoms with Crippen LogP contribution in [0.25, 0.3) is 0 Å². The molecule has 0 aliphatic carbocycles. The van der Waals surface area contributed by atoms with Crippen molar-refractivity contribution in [1.82, 2.24) is 10.6 Å². The molecule has 5 rings (SSSR count). The van der Waals surface area contributed by atoms with Gasteiger partial charge in [0.2, 0.25) is 11.8 Å². The number of rotatable bonds is 5. The van der Waals surface area contributed by atoms with Crippen molar-refractivity contribution in [3.05, 3.63) is 83.8 Å². The van der Waals surface area contributed by atoms with Crippen LogP contribution in [-0.2, 0) is 43.3 Å². The highest BCUT2D eigenvalue weighted by molar-refractivity contribution is 14.1. The van der Waals surface area contributed by atoms with Gasteiger partial charge in [-0.05, 0) is 109 Å². The number of phenolic OH excluding ortho intramolecular Hbond substituents is 1. The average Bonchev–Trinajstić information content (AvgIpc) is 2.97. The molecule has 3 aromatic carbocycles. The molecule has 2 heterocycles. The predicted octanol–water partition coefficient (Wildman–Crippen LogP) is 4.49. The molecule has 0 spiro atoms. The number of methoxy groups -OCH3 is 1. The molecule has 0 unspecified atom stereocenters. The van der Waals surface area contributed by atoms with Gasteiger partial charge < -0.3 is 35.7 Å². The Morgan fingerprint density at radius 1 is 1.07 bits per heavy atom. The smallest absolute Gasteiger partial charge is 0.328 e. The highest BCUT2D eigenvalue weighted by Crippen LogP contribution is 2.42. The number of nitrogens with two attached hydrogens (primary N) is 1. The summed E-state index contributed by atoms with van der Waals surface area (Å²) in [5, 5.41) is 16.2. The molecular weight excluding hydrogens is 801 g/mol. The van der Waals surface area contributed by atoms with Crippen molar-refractivity contribution in [2.45, 2.75) is 50.6 Å². The van der Waals surface area contributed by atoms with E-state index in [2.05, 4.69) is 42.5 Å². The number of fused-ring (bicyclic) bond motifs is 10. The van der Waals surface area contributed by atoms with E-state index in [4.69, 9.17) is 19.9 Å². The largest absolute Gasteiger partial charge is 0.504 e. The van der Waals surface area contributed by atoms with Gasteiger partial charge in [-0.2, -0.15) is 0 Å². The Labute approximate surface area is 279 Å². The molecule has 0 fully saturated rings. The summed E-state index contributed by atoms with van der Waals surface area (Å²) in [5.41, 5.74) is 8.48. The molecule has 5 N–H and O–H groups in total. The lowest BCUT2D eigenvalue weighted by Gasteiger charge is -2.28. The third kappa shape index (κ3) is 8.47. The van der Waals surface area contributed by atoms with Crippen LogP contribution in [0.1, 0.15) is 23.6 Å². The number of halogens is 3. The lowest BCUT2D eigenvalue weighted by Crippen LogP contribution is -2.59. The Hall–Kier alpha value is -2.72. The highest BCUT2D eigenvalue weighted by atomic mass is 127. The number of phenols is 1. The maximum absolute atomic E-state index is 13.7. The summed E-state index contributed by atoms with van der Waals surface area (Å²) in [6, 6.07) is 12.9. The Kier molecular flexibility index (Phi) is 11.5. The predicted molar refractivity (Wildman–Crippen MR) is 175 cm³/mol. The van der Waals surface area contributed by atoms with Crippen LogP contribution in [-0.4, -0.2) is 54.2 Å². The van der Waals surface area contributed by atoms with Gasteiger partial charge in [0.15, 0.2) is 17.2 Å². The molecule has 4 atom stereocenters. The molecule has 0 saturated heterocycles. The van der Waals surface area contributed by atoms with Crippen molar-refractivity contribution in [3.8, 4) is 17.2 Å². The van der Waals surface area contributed by atoms with E-state index in [0.717, 1.165) is 5.56 Å². The fraction of sp³-hybridized carbons (Fsp3) is 0.300. The lowest BCUT2D eigenvalue weighted by molar-refractivity contribution is -0.146. The van der Waals surface area contributed by atoms with E-state index in [1.54, 1.807) is 31.2 Å². The Bertz CT molecular complexity index is 1490. The zero-order valence-corrected chi connectivity index (χ0v) is 28.6. The minimum atomic E-state index is -1.19. The van der Waals surface area contributed by atoms with Crippen LogP contribution in [0.4, 0.5) is 0 Å². The van der Waals surface area contributed by atoms with Crippen LogP contribution in [0.2, 0.25) is 0 Å². The molecule has 2 amide bonds. The van der Waals surface area contributed by atoms with Crippen LogP contribution in [0.5, 0.6) is 17.2 Å². The van der Waals surface area contributed by atoms with Gasteiger partial charge in [0.05, 0.1) is 38.4 Å². The first-order chi connectivity index (χ1) is 20.5. The molecular formula is C30H30Br2IN3O7. The van der Waals surface area contributed by atoms with E-state index in [0.29, 0.717) is 29.4 Å². The Morgan fingerprint density at radius 2 is 1.72 bits per heavy atom. The highest BCUT2D eigenvalue weighted by Gasteiger charge is 2.33. The van der Waals surface area contributed by atoms with E-state index in [1.165, 1.54) is 7.11 Å². The van der Waals surface area contributed by atoms with Gasteiger partial charge in [-0.15, -0.1) is 0 Å². The first-order valence-corrected chi connectivity index (χ1v) is 15.9. The molecule has 2 aliphatic rings. The maximum atomic E-state index is 13.7. The van der Waals surface area contributed by atoms with E-state index in [1.807, 2.05) is 52.9 Å². The number of aromatic hydroxyl groups is 1. The third-order valence-corrected chi connectivity index (χ3v) is 8.80. The fourth-order valence-corrected chi connectivity index (χ4v) is 6.60. The molecule has 0 saturated carbocycles. The summed E-state index contributed by atoms with van der Waals surface area (Å²) in [6.45, 7) is 1.85. The first kappa shape index (κ1) is 33.2. The third-order valence-electron chi connectivity index (χ3n) is 6.80. The topological polar surface area (TPSA) is 149 Å². The minimum absolute atomic E-state index is 0.0635. The second-order valence-corrected chi connectivity index (χ2v) is 12.9. The number of carbonyl (C=O) groups is 3. The average molecular weight is 831 g/mol. The Balaban J connectivity index is 1.74. The van der Waals surface area contributed by atoms with Gasteiger partial charge >= 0.3 is 5.97 Å². The number of hydrogen-bond donors (Lipinski definition) is 4. The van der Waals surface area contributed by atoms with Crippen molar-refractivity contribution in [2.24, 2.45) is 5.73 Å². The molecule has 4 bridgehead atoms. The molecule has 3 aromatic rings. The molecule has 0 radical (unpaired) electrons.